The highest BCUT2D eigenvalue weighted by Gasteiger charge is 2.38. The summed E-state index contributed by atoms with van der Waals surface area (Å²) in [6.07, 6.45) is 1.92. The SMILES string of the molecule is COc1cccc(CCC(=O)N2CCCN3CCN(Cc4ccc(F)cc4)C(=O)C3C2)c1. The van der Waals surface area contributed by atoms with Gasteiger partial charge in [0.25, 0.3) is 0 Å². The molecule has 2 aromatic carbocycles. The lowest BCUT2D eigenvalue weighted by Crippen LogP contribution is -2.59. The van der Waals surface area contributed by atoms with E-state index < -0.39 is 0 Å². The molecular formula is C25H30FN3O3. The second kappa shape index (κ2) is 10.1. The van der Waals surface area contributed by atoms with Crippen LogP contribution in [-0.4, -0.2) is 72.4 Å². The summed E-state index contributed by atoms with van der Waals surface area (Å²) in [7, 11) is 1.63. The summed E-state index contributed by atoms with van der Waals surface area (Å²) in [6.45, 7) is 3.83. The summed E-state index contributed by atoms with van der Waals surface area (Å²) in [5.74, 6) is 0.636. The van der Waals surface area contributed by atoms with Gasteiger partial charge in [-0.05, 0) is 48.2 Å². The van der Waals surface area contributed by atoms with Crippen LogP contribution in [0, 0.1) is 5.82 Å². The predicted octanol–water partition coefficient (Wildman–Crippen LogP) is 2.71. The van der Waals surface area contributed by atoms with Crippen LogP contribution in [0.3, 0.4) is 0 Å². The highest BCUT2D eigenvalue weighted by molar-refractivity contribution is 5.84. The molecule has 2 aromatic rings. The topological polar surface area (TPSA) is 53.1 Å². The molecule has 2 fully saturated rings. The zero-order valence-corrected chi connectivity index (χ0v) is 18.5. The van der Waals surface area contributed by atoms with E-state index in [9.17, 15) is 14.0 Å². The first kappa shape index (κ1) is 22.3. The quantitative estimate of drug-likeness (QED) is 0.695. The highest BCUT2D eigenvalue weighted by atomic mass is 19.1. The lowest BCUT2D eigenvalue weighted by Gasteiger charge is -2.40. The van der Waals surface area contributed by atoms with Crippen molar-refractivity contribution in [2.24, 2.45) is 0 Å². The number of amides is 2. The molecule has 0 bridgehead atoms. The molecule has 2 amide bonds. The van der Waals surface area contributed by atoms with Gasteiger partial charge in [0.2, 0.25) is 11.8 Å². The Morgan fingerprint density at radius 3 is 2.66 bits per heavy atom. The Labute approximate surface area is 188 Å². The molecule has 0 N–H and O–H groups in total. The fourth-order valence-electron chi connectivity index (χ4n) is 4.54. The number of hydrogen-bond donors (Lipinski definition) is 0. The van der Waals surface area contributed by atoms with Crippen molar-refractivity contribution >= 4 is 11.8 Å². The molecule has 1 unspecified atom stereocenters. The van der Waals surface area contributed by atoms with Gasteiger partial charge in [-0.1, -0.05) is 24.3 Å². The fourth-order valence-corrected chi connectivity index (χ4v) is 4.54. The maximum Gasteiger partial charge on any atom is 0.242 e. The molecule has 0 spiro atoms. The lowest BCUT2D eigenvalue weighted by molar-refractivity contribution is -0.144. The van der Waals surface area contributed by atoms with Crippen molar-refractivity contribution in [2.75, 3.05) is 39.8 Å². The van der Waals surface area contributed by atoms with Crippen molar-refractivity contribution < 1.29 is 18.7 Å². The summed E-state index contributed by atoms with van der Waals surface area (Å²) < 4.78 is 18.5. The van der Waals surface area contributed by atoms with E-state index in [0.29, 0.717) is 39.0 Å². The number of nitrogens with zero attached hydrogens (tertiary/aromatic N) is 3. The number of benzene rings is 2. The maximum atomic E-state index is 13.3. The zero-order valence-electron chi connectivity index (χ0n) is 18.5. The Morgan fingerprint density at radius 1 is 1.06 bits per heavy atom. The largest absolute Gasteiger partial charge is 0.497 e. The van der Waals surface area contributed by atoms with Crippen LogP contribution in [0.15, 0.2) is 48.5 Å². The number of carbonyl (C=O) groups excluding carboxylic acids is 2. The average molecular weight is 440 g/mol. The van der Waals surface area contributed by atoms with Crippen LogP contribution in [0.5, 0.6) is 5.75 Å². The lowest BCUT2D eigenvalue weighted by atomic mass is 10.1. The van der Waals surface area contributed by atoms with Gasteiger partial charge in [-0.25, -0.2) is 4.39 Å². The average Bonchev–Trinajstić information content (AvgIpc) is 3.04. The Morgan fingerprint density at radius 2 is 1.88 bits per heavy atom. The van der Waals surface area contributed by atoms with Gasteiger partial charge in [0, 0.05) is 45.7 Å². The normalized spacial score (nSPS) is 19.4. The van der Waals surface area contributed by atoms with E-state index in [1.54, 1.807) is 19.2 Å². The number of ether oxygens (including phenoxy) is 1. The van der Waals surface area contributed by atoms with Crippen LogP contribution < -0.4 is 4.74 Å². The van der Waals surface area contributed by atoms with Crippen LogP contribution >= 0.6 is 0 Å². The van der Waals surface area contributed by atoms with E-state index in [2.05, 4.69) is 4.90 Å². The molecule has 0 aliphatic carbocycles. The maximum absolute atomic E-state index is 13.3. The number of fused-ring (bicyclic) bond motifs is 1. The summed E-state index contributed by atoms with van der Waals surface area (Å²) in [6, 6.07) is 13.7. The summed E-state index contributed by atoms with van der Waals surface area (Å²) in [5, 5.41) is 0. The highest BCUT2D eigenvalue weighted by Crippen LogP contribution is 2.20. The number of halogens is 1. The van der Waals surface area contributed by atoms with Crippen LogP contribution in [-0.2, 0) is 22.6 Å². The van der Waals surface area contributed by atoms with E-state index in [4.69, 9.17) is 4.74 Å². The monoisotopic (exact) mass is 439 g/mol. The fraction of sp³-hybridized carbons (Fsp3) is 0.440. The molecule has 7 heteroatoms. The zero-order chi connectivity index (χ0) is 22.5. The summed E-state index contributed by atoms with van der Waals surface area (Å²) in [4.78, 5) is 32.1. The van der Waals surface area contributed by atoms with E-state index in [0.717, 1.165) is 36.4 Å². The number of piperazine rings is 1. The Bertz CT molecular complexity index is 950. The number of methoxy groups -OCH3 is 1. The molecule has 0 radical (unpaired) electrons. The smallest absolute Gasteiger partial charge is 0.242 e. The van der Waals surface area contributed by atoms with Crippen molar-refractivity contribution in [2.45, 2.75) is 31.8 Å². The molecule has 32 heavy (non-hydrogen) atoms. The Balaban J connectivity index is 1.38. The van der Waals surface area contributed by atoms with E-state index in [1.165, 1.54) is 12.1 Å². The third-order valence-corrected chi connectivity index (χ3v) is 6.36. The predicted molar refractivity (Wildman–Crippen MR) is 120 cm³/mol. The minimum Gasteiger partial charge on any atom is -0.497 e. The first-order valence-electron chi connectivity index (χ1n) is 11.2. The van der Waals surface area contributed by atoms with Gasteiger partial charge in [-0.2, -0.15) is 0 Å². The standard InChI is InChI=1S/C25H30FN3O3/c1-32-22-5-2-4-19(16-22)8-11-24(30)28-13-3-12-27-14-15-29(25(31)23(27)18-28)17-20-6-9-21(26)10-7-20/h2,4-7,9-10,16,23H,3,8,11-15,17-18H2,1H3. The minimum atomic E-state index is -0.313. The molecule has 2 aliphatic rings. The van der Waals surface area contributed by atoms with Crippen molar-refractivity contribution in [1.82, 2.24) is 14.7 Å². The van der Waals surface area contributed by atoms with E-state index in [-0.39, 0.29) is 23.7 Å². The molecule has 6 nitrogen and oxygen atoms in total. The molecule has 170 valence electrons. The van der Waals surface area contributed by atoms with E-state index >= 15 is 0 Å². The number of aryl methyl sites for hydroxylation is 1. The van der Waals surface area contributed by atoms with Crippen LogP contribution in [0.4, 0.5) is 4.39 Å². The Hall–Kier alpha value is -2.93. The number of carbonyl (C=O) groups is 2. The van der Waals surface area contributed by atoms with Gasteiger partial charge in [0.05, 0.1) is 7.11 Å². The van der Waals surface area contributed by atoms with Crippen molar-refractivity contribution in [3.63, 3.8) is 0 Å². The van der Waals surface area contributed by atoms with Gasteiger partial charge in [-0.15, -0.1) is 0 Å². The third-order valence-electron chi connectivity index (χ3n) is 6.36. The molecule has 0 aromatic heterocycles. The molecule has 2 aliphatic heterocycles. The van der Waals surface area contributed by atoms with Crippen molar-refractivity contribution in [3.8, 4) is 5.75 Å². The van der Waals surface area contributed by atoms with Crippen molar-refractivity contribution in [3.05, 3.63) is 65.5 Å². The molecule has 2 heterocycles. The van der Waals surface area contributed by atoms with Gasteiger partial charge in [-0.3, -0.25) is 14.5 Å². The van der Waals surface area contributed by atoms with Crippen LogP contribution in [0.2, 0.25) is 0 Å². The van der Waals surface area contributed by atoms with Crippen LogP contribution in [0.25, 0.3) is 0 Å². The molecular weight excluding hydrogens is 409 g/mol. The van der Waals surface area contributed by atoms with Crippen LogP contribution in [0.1, 0.15) is 24.0 Å². The van der Waals surface area contributed by atoms with E-state index in [1.807, 2.05) is 34.1 Å². The number of hydrogen-bond acceptors (Lipinski definition) is 4. The van der Waals surface area contributed by atoms with Gasteiger partial charge in [0.15, 0.2) is 0 Å². The molecule has 4 rings (SSSR count). The first-order valence-corrected chi connectivity index (χ1v) is 11.2. The van der Waals surface area contributed by atoms with Gasteiger partial charge in [0.1, 0.15) is 17.6 Å². The molecule has 2 saturated heterocycles. The summed E-state index contributed by atoms with van der Waals surface area (Å²) >= 11 is 0. The number of rotatable bonds is 6. The Kier molecular flexibility index (Phi) is 7.05. The first-order chi connectivity index (χ1) is 15.5. The third kappa shape index (κ3) is 5.27. The minimum absolute atomic E-state index is 0.0491. The summed E-state index contributed by atoms with van der Waals surface area (Å²) in [5.41, 5.74) is 1.97. The molecule has 1 atom stereocenters. The second-order valence-electron chi connectivity index (χ2n) is 8.48. The second-order valence-corrected chi connectivity index (χ2v) is 8.48. The van der Waals surface area contributed by atoms with Gasteiger partial charge >= 0.3 is 0 Å². The van der Waals surface area contributed by atoms with Crippen molar-refractivity contribution in [1.29, 1.82) is 0 Å². The molecule has 0 saturated carbocycles. The van der Waals surface area contributed by atoms with Gasteiger partial charge < -0.3 is 14.5 Å².